The fourth-order valence-corrected chi connectivity index (χ4v) is 3.04. The van der Waals surface area contributed by atoms with E-state index in [2.05, 4.69) is 23.1 Å². The van der Waals surface area contributed by atoms with Gasteiger partial charge in [-0.1, -0.05) is 43.5 Å². The van der Waals surface area contributed by atoms with Gasteiger partial charge in [-0.05, 0) is 42.8 Å². The SMILES string of the molecule is CCCCCOC(=O)c1ccc(NC(=O)CCC(=O)OCC(=O)NNC(=O)c2ccccc2Cl)cc1. The van der Waals surface area contributed by atoms with E-state index in [9.17, 15) is 24.0 Å². The summed E-state index contributed by atoms with van der Waals surface area (Å²) < 4.78 is 9.97. The molecule has 0 saturated carbocycles. The van der Waals surface area contributed by atoms with Gasteiger partial charge < -0.3 is 14.8 Å². The molecule has 2 aromatic carbocycles. The molecule has 0 aliphatic heterocycles. The first-order chi connectivity index (χ1) is 17.3. The lowest BCUT2D eigenvalue weighted by Crippen LogP contribution is -2.43. The van der Waals surface area contributed by atoms with Crippen molar-refractivity contribution in [2.45, 2.75) is 39.0 Å². The van der Waals surface area contributed by atoms with Crippen LogP contribution in [0, 0.1) is 0 Å². The monoisotopic (exact) mass is 517 g/mol. The summed E-state index contributed by atoms with van der Waals surface area (Å²) in [7, 11) is 0. The number of halogens is 1. The summed E-state index contributed by atoms with van der Waals surface area (Å²) in [6, 6.07) is 12.5. The van der Waals surface area contributed by atoms with Gasteiger partial charge in [0.25, 0.3) is 11.8 Å². The predicted molar refractivity (Wildman–Crippen MR) is 132 cm³/mol. The summed E-state index contributed by atoms with van der Waals surface area (Å²) in [5.74, 6) is -3.04. The number of anilines is 1. The van der Waals surface area contributed by atoms with E-state index in [0.29, 0.717) is 17.9 Å². The van der Waals surface area contributed by atoms with Crippen LogP contribution in [0.25, 0.3) is 0 Å². The Balaban J connectivity index is 1.64. The van der Waals surface area contributed by atoms with Crippen LogP contribution >= 0.6 is 11.6 Å². The zero-order chi connectivity index (χ0) is 26.3. The maximum absolute atomic E-state index is 12.1. The molecule has 2 aromatic rings. The van der Waals surface area contributed by atoms with E-state index in [1.165, 1.54) is 24.3 Å². The third kappa shape index (κ3) is 10.1. The molecule has 0 aliphatic rings. The maximum atomic E-state index is 12.1. The Morgan fingerprint density at radius 1 is 0.833 bits per heavy atom. The zero-order valence-electron chi connectivity index (χ0n) is 19.8. The topological polar surface area (TPSA) is 140 Å². The number of amides is 3. The molecule has 0 bridgehead atoms. The molecule has 0 fully saturated rings. The Kier molecular flexibility index (Phi) is 11.9. The van der Waals surface area contributed by atoms with Gasteiger partial charge in [-0.25, -0.2) is 4.79 Å². The number of benzene rings is 2. The minimum absolute atomic E-state index is 0.166. The van der Waals surface area contributed by atoms with Gasteiger partial charge in [0.15, 0.2) is 6.61 Å². The molecule has 3 amide bonds. The standard InChI is InChI=1S/C25H28ClN3O7/c1-2-3-6-15-35-25(34)17-9-11-18(12-10-17)27-21(30)13-14-23(32)36-16-22(31)28-29-24(33)19-7-4-5-8-20(19)26/h4-5,7-12H,2-3,6,13-16H2,1H3,(H,27,30)(H,28,31)(H,29,33). The second-order valence-corrected chi connectivity index (χ2v) is 8.02. The summed E-state index contributed by atoms with van der Waals surface area (Å²) in [4.78, 5) is 59.6. The quantitative estimate of drug-likeness (QED) is 0.222. The summed E-state index contributed by atoms with van der Waals surface area (Å²) in [5.41, 5.74) is 5.25. The maximum Gasteiger partial charge on any atom is 0.338 e. The lowest BCUT2D eigenvalue weighted by Gasteiger charge is -2.09. The molecule has 0 heterocycles. The van der Waals surface area contributed by atoms with Crippen molar-refractivity contribution in [3.05, 3.63) is 64.7 Å². The highest BCUT2D eigenvalue weighted by molar-refractivity contribution is 6.33. The smallest absolute Gasteiger partial charge is 0.338 e. The Morgan fingerprint density at radius 3 is 2.25 bits per heavy atom. The van der Waals surface area contributed by atoms with Gasteiger partial charge in [-0.15, -0.1) is 0 Å². The molecule has 0 unspecified atom stereocenters. The van der Waals surface area contributed by atoms with E-state index in [-0.39, 0.29) is 23.4 Å². The molecule has 0 atom stereocenters. The van der Waals surface area contributed by atoms with Gasteiger partial charge in [0.05, 0.1) is 29.2 Å². The van der Waals surface area contributed by atoms with Crippen molar-refractivity contribution in [1.82, 2.24) is 10.9 Å². The Bertz CT molecular complexity index is 1070. The molecule has 0 radical (unpaired) electrons. The van der Waals surface area contributed by atoms with Crippen LogP contribution in [0.1, 0.15) is 59.7 Å². The number of rotatable bonds is 12. The second kappa shape index (κ2) is 15.2. The number of hydrogen-bond donors (Lipinski definition) is 3. The highest BCUT2D eigenvalue weighted by atomic mass is 35.5. The number of carbonyl (C=O) groups is 5. The van der Waals surface area contributed by atoms with E-state index in [4.69, 9.17) is 21.1 Å². The summed E-state index contributed by atoms with van der Waals surface area (Å²) >= 11 is 5.90. The molecular formula is C25H28ClN3O7. The first-order valence-electron chi connectivity index (χ1n) is 11.4. The highest BCUT2D eigenvalue weighted by Gasteiger charge is 2.14. The largest absolute Gasteiger partial charge is 0.462 e. The van der Waals surface area contributed by atoms with Crippen LogP contribution in [-0.2, 0) is 23.9 Å². The predicted octanol–water partition coefficient (Wildman–Crippen LogP) is 3.41. The number of hydrazine groups is 1. The third-order valence-corrected chi connectivity index (χ3v) is 5.07. The van der Waals surface area contributed by atoms with Gasteiger partial charge in [-0.2, -0.15) is 0 Å². The van der Waals surface area contributed by atoms with Crippen molar-refractivity contribution in [3.63, 3.8) is 0 Å². The average Bonchev–Trinajstić information content (AvgIpc) is 2.88. The molecular weight excluding hydrogens is 490 g/mol. The number of hydrogen-bond acceptors (Lipinski definition) is 7. The summed E-state index contributed by atoms with van der Waals surface area (Å²) in [6.45, 7) is 1.78. The fourth-order valence-electron chi connectivity index (χ4n) is 2.82. The van der Waals surface area contributed by atoms with Gasteiger partial charge in [0, 0.05) is 12.1 Å². The molecule has 0 aromatic heterocycles. The minimum Gasteiger partial charge on any atom is -0.462 e. The normalized spacial score (nSPS) is 10.2. The fraction of sp³-hybridized carbons (Fsp3) is 0.320. The molecule has 11 heteroatoms. The number of ether oxygens (including phenoxy) is 2. The first-order valence-corrected chi connectivity index (χ1v) is 11.7. The Labute approximate surface area is 213 Å². The molecule has 0 spiro atoms. The van der Waals surface area contributed by atoms with E-state index < -0.39 is 36.3 Å². The molecule has 10 nitrogen and oxygen atoms in total. The van der Waals surface area contributed by atoms with Crippen molar-refractivity contribution in [3.8, 4) is 0 Å². The van der Waals surface area contributed by atoms with Crippen molar-refractivity contribution in [2.24, 2.45) is 0 Å². The lowest BCUT2D eigenvalue weighted by molar-refractivity contribution is -0.149. The van der Waals surface area contributed by atoms with Crippen molar-refractivity contribution in [2.75, 3.05) is 18.5 Å². The Hall–Kier alpha value is -3.92. The number of nitrogens with one attached hydrogen (secondary N) is 3. The molecule has 36 heavy (non-hydrogen) atoms. The molecule has 3 N–H and O–H groups in total. The Morgan fingerprint density at radius 2 is 1.56 bits per heavy atom. The van der Waals surface area contributed by atoms with Crippen LogP contribution in [0.15, 0.2) is 48.5 Å². The summed E-state index contributed by atoms with van der Waals surface area (Å²) in [6.07, 6.45) is 2.40. The molecule has 192 valence electrons. The third-order valence-electron chi connectivity index (χ3n) is 4.74. The van der Waals surface area contributed by atoms with Gasteiger partial charge in [0.1, 0.15) is 0 Å². The van der Waals surface area contributed by atoms with Crippen molar-refractivity contribution in [1.29, 1.82) is 0 Å². The van der Waals surface area contributed by atoms with Crippen LogP contribution < -0.4 is 16.2 Å². The van der Waals surface area contributed by atoms with Crippen molar-refractivity contribution >= 4 is 46.9 Å². The summed E-state index contributed by atoms with van der Waals surface area (Å²) in [5, 5.41) is 2.82. The highest BCUT2D eigenvalue weighted by Crippen LogP contribution is 2.14. The number of unbranched alkanes of at least 4 members (excludes halogenated alkanes) is 2. The lowest BCUT2D eigenvalue weighted by atomic mass is 10.2. The molecule has 2 rings (SSSR count). The second-order valence-electron chi connectivity index (χ2n) is 7.61. The number of esters is 2. The van der Waals surface area contributed by atoms with Gasteiger partial charge in [0.2, 0.25) is 5.91 Å². The average molecular weight is 518 g/mol. The van der Waals surface area contributed by atoms with Gasteiger partial charge >= 0.3 is 11.9 Å². The van der Waals surface area contributed by atoms with E-state index >= 15 is 0 Å². The van der Waals surface area contributed by atoms with Crippen LogP contribution in [0.3, 0.4) is 0 Å². The van der Waals surface area contributed by atoms with E-state index in [0.717, 1.165) is 19.3 Å². The first kappa shape index (κ1) is 28.3. The number of carbonyl (C=O) groups excluding carboxylic acids is 5. The van der Waals surface area contributed by atoms with Crippen molar-refractivity contribution < 1.29 is 33.4 Å². The van der Waals surface area contributed by atoms with E-state index in [1.54, 1.807) is 24.3 Å². The molecule has 0 saturated heterocycles. The van der Waals surface area contributed by atoms with Crippen LogP contribution in [0.2, 0.25) is 5.02 Å². The van der Waals surface area contributed by atoms with Gasteiger partial charge in [-0.3, -0.25) is 30.0 Å². The molecule has 0 aliphatic carbocycles. The van der Waals surface area contributed by atoms with E-state index in [1.807, 2.05) is 0 Å². The van der Waals surface area contributed by atoms with Crippen LogP contribution in [0.5, 0.6) is 0 Å². The zero-order valence-corrected chi connectivity index (χ0v) is 20.6. The minimum atomic E-state index is -0.766. The van der Waals surface area contributed by atoms with Crippen LogP contribution in [0.4, 0.5) is 5.69 Å². The van der Waals surface area contributed by atoms with Crippen LogP contribution in [-0.4, -0.2) is 42.9 Å².